The first-order chi connectivity index (χ1) is 9.56. The molecule has 0 heterocycles. The Hall–Kier alpha value is -1.35. The predicted octanol–water partition coefficient (Wildman–Crippen LogP) is 3.43. The van der Waals surface area contributed by atoms with Crippen molar-refractivity contribution in [1.82, 2.24) is 5.32 Å². The molecule has 1 aromatic rings. The maximum atomic E-state index is 12.2. The summed E-state index contributed by atoms with van der Waals surface area (Å²) in [5, 5.41) is 6.45. The molecular formula is C17H26N2O. The zero-order valence-electron chi connectivity index (χ0n) is 12.7. The van der Waals surface area contributed by atoms with Crippen LogP contribution in [-0.2, 0) is 4.79 Å². The van der Waals surface area contributed by atoms with E-state index < -0.39 is 0 Å². The minimum atomic E-state index is -0.156. The third-order valence-electron chi connectivity index (χ3n) is 4.33. The van der Waals surface area contributed by atoms with Gasteiger partial charge in [0.15, 0.2) is 0 Å². The van der Waals surface area contributed by atoms with Crippen molar-refractivity contribution < 1.29 is 4.79 Å². The summed E-state index contributed by atoms with van der Waals surface area (Å²) >= 11 is 0. The van der Waals surface area contributed by atoms with Gasteiger partial charge in [-0.2, -0.15) is 0 Å². The Kier molecular flexibility index (Phi) is 5.18. The molecule has 1 aliphatic rings. The minimum Gasteiger partial charge on any atom is -0.325 e. The van der Waals surface area contributed by atoms with Crippen LogP contribution in [0.3, 0.4) is 0 Å². The van der Waals surface area contributed by atoms with Crippen molar-refractivity contribution in [2.75, 3.05) is 5.32 Å². The highest BCUT2D eigenvalue weighted by molar-refractivity contribution is 5.94. The predicted molar refractivity (Wildman–Crippen MR) is 83.6 cm³/mol. The summed E-state index contributed by atoms with van der Waals surface area (Å²) in [6.45, 7) is 6.55. The quantitative estimate of drug-likeness (QED) is 0.883. The van der Waals surface area contributed by atoms with Crippen molar-refractivity contribution in [3.63, 3.8) is 0 Å². The Balaban J connectivity index is 1.85. The first-order valence-electron chi connectivity index (χ1n) is 7.68. The Bertz CT molecular complexity index is 432. The van der Waals surface area contributed by atoms with Crippen molar-refractivity contribution in [3.05, 3.63) is 30.3 Å². The number of carbonyl (C=O) groups is 1. The highest BCUT2D eigenvalue weighted by Gasteiger charge is 2.27. The molecule has 0 aliphatic heterocycles. The average Bonchev–Trinajstić information content (AvgIpc) is 2.43. The van der Waals surface area contributed by atoms with Gasteiger partial charge in [-0.1, -0.05) is 32.0 Å². The van der Waals surface area contributed by atoms with Crippen molar-refractivity contribution in [3.8, 4) is 0 Å². The molecule has 0 aromatic heterocycles. The van der Waals surface area contributed by atoms with E-state index in [4.69, 9.17) is 0 Å². The lowest BCUT2D eigenvalue weighted by atomic mass is 9.79. The standard InChI is InChI=1S/C17H26N2O/c1-12-9-10-16(13(2)11-12)18-14(3)17(20)19-15-7-5-4-6-8-15/h4-8,12-14,16,18H,9-11H2,1-3H3,(H,19,20). The summed E-state index contributed by atoms with van der Waals surface area (Å²) in [6.07, 6.45) is 3.69. The lowest BCUT2D eigenvalue weighted by Gasteiger charge is -2.34. The fraction of sp³-hybridized carbons (Fsp3) is 0.588. The second-order valence-electron chi connectivity index (χ2n) is 6.25. The van der Waals surface area contributed by atoms with Crippen molar-refractivity contribution in [2.45, 2.75) is 52.1 Å². The zero-order valence-corrected chi connectivity index (χ0v) is 12.7. The van der Waals surface area contributed by atoms with Crippen LogP contribution in [0.5, 0.6) is 0 Å². The Morgan fingerprint density at radius 1 is 1.20 bits per heavy atom. The van der Waals surface area contributed by atoms with Crippen molar-refractivity contribution >= 4 is 11.6 Å². The van der Waals surface area contributed by atoms with Gasteiger partial charge < -0.3 is 10.6 Å². The van der Waals surface area contributed by atoms with E-state index in [0.717, 1.165) is 11.6 Å². The highest BCUT2D eigenvalue weighted by Crippen LogP contribution is 2.28. The van der Waals surface area contributed by atoms with Crippen LogP contribution in [0.25, 0.3) is 0 Å². The fourth-order valence-electron chi connectivity index (χ4n) is 3.08. The zero-order chi connectivity index (χ0) is 14.5. The molecule has 1 saturated carbocycles. The third kappa shape index (κ3) is 4.07. The topological polar surface area (TPSA) is 41.1 Å². The molecule has 20 heavy (non-hydrogen) atoms. The largest absolute Gasteiger partial charge is 0.325 e. The van der Waals surface area contributed by atoms with Gasteiger partial charge in [0.2, 0.25) is 5.91 Å². The van der Waals surface area contributed by atoms with E-state index in [9.17, 15) is 4.79 Å². The molecule has 0 bridgehead atoms. The minimum absolute atomic E-state index is 0.0435. The van der Waals surface area contributed by atoms with Gasteiger partial charge in [0.05, 0.1) is 6.04 Å². The van der Waals surface area contributed by atoms with Crippen LogP contribution in [0.15, 0.2) is 30.3 Å². The number of rotatable bonds is 4. The number of amides is 1. The van der Waals surface area contributed by atoms with Gasteiger partial charge in [0.25, 0.3) is 0 Å². The normalized spacial score (nSPS) is 27.9. The van der Waals surface area contributed by atoms with Gasteiger partial charge in [0.1, 0.15) is 0 Å². The van der Waals surface area contributed by atoms with Gasteiger partial charge in [-0.3, -0.25) is 4.79 Å². The summed E-state index contributed by atoms with van der Waals surface area (Å²) in [4.78, 5) is 12.2. The summed E-state index contributed by atoms with van der Waals surface area (Å²) < 4.78 is 0. The molecule has 4 atom stereocenters. The van der Waals surface area contributed by atoms with Gasteiger partial charge in [-0.05, 0) is 50.2 Å². The molecule has 1 aliphatic carbocycles. The summed E-state index contributed by atoms with van der Waals surface area (Å²) in [5.41, 5.74) is 0.858. The van der Waals surface area contributed by atoms with Gasteiger partial charge in [-0.15, -0.1) is 0 Å². The SMILES string of the molecule is CC1CCC(NC(C)C(=O)Nc2ccccc2)C(C)C1. The van der Waals surface area contributed by atoms with Crippen molar-refractivity contribution in [1.29, 1.82) is 0 Å². The number of nitrogens with one attached hydrogen (secondary N) is 2. The van der Waals surface area contributed by atoms with E-state index in [-0.39, 0.29) is 11.9 Å². The molecule has 4 unspecified atom stereocenters. The molecular weight excluding hydrogens is 248 g/mol. The number of carbonyl (C=O) groups excluding carboxylic acids is 1. The lowest BCUT2D eigenvalue weighted by molar-refractivity contribution is -0.118. The summed E-state index contributed by atoms with van der Waals surface area (Å²) in [6, 6.07) is 9.93. The van der Waals surface area contributed by atoms with Crippen LogP contribution in [0.1, 0.15) is 40.0 Å². The van der Waals surface area contributed by atoms with E-state index in [1.807, 2.05) is 37.3 Å². The number of benzene rings is 1. The fourth-order valence-corrected chi connectivity index (χ4v) is 3.08. The van der Waals surface area contributed by atoms with E-state index in [1.54, 1.807) is 0 Å². The number of para-hydroxylation sites is 1. The average molecular weight is 274 g/mol. The molecule has 3 nitrogen and oxygen atoms in total. The summed E-state index contributed by atoms with van der Waals surface area (Å²) in [7, 11) is 0. The Morgan fingerprint density at radius 2 is 1.90 bits per heavy atom. The Labute approximate surface area is 122 Å². The smallest absolute Gasteiger partial charge is 0.241 e. The molecule has 0 spiro atoms. The first kappa shape index (κ1) is 15.0. The lowest BCUT2D eigenvalue weighted by Crippen LogP contribution is -2.48. The molecule has 1 amide bonds. The molecule has 0 saturated heterocycles. The maximum Gasteiger partial charge on any atom is 0.241 e. The number of anilines is 1. The first-order valence-corrected chi connectivity index (χ1v) is 7.68. The maximum absolute atomic E-state index is 12.2. The molecule has 0 radical (unpaired) electrons. The molecule has 1 aromatic carbocycles. The van der Waals surface area contributed by atoms with E-state index >= 15 is 0 Å². The molecule has 2 rings (SSSR count). The van der Waals surface area contributed by atoms with E-state index in [0.29, 0.717) is 12.0 Å². The number of hydrogen-bond acceptors (Lipinski definition) is 2. The second kappa shape index (κ2) is 6.89. The van der Waals surface area contributed by atoms with Crippen molar-refractivity contribution in [2.24, 2.45) is 11.8 Å². The Morgan fingerprint density at radius 3 is 2.55 bits per heavy atom. The van der Waals surface area contributed by atoms with Crippen LogP contribution < -0.4 is 10.6 Å². The molecule has 2 N–H and O–H groups in total. The van der Waals surface area contributed by atoms with Gasteiger partial charge in [0, 0.05) is 11.7 Å². The van der Waals surface area contributed by atoms with E-state index in [1.165, 1.54) is 19.3 Å². The summed E-state index contributed by atoms with van der Waals surface area (Å²) in [5.74, 6) is 1.50. The monoisotopic (exact) mass is 274 g/mol. The van der Waals surface area contributed by atoms with Crippen LogP contribution in [0.4, 0.5) is 5.69 Å². The van der Waals surface area contributed by atoms with Crippen LogP contribution in [-0.4, -0.2) is 18.0 Å². The van der Waals surface area contributed by atoms with Crippen LogP contribution >= 0.6 is 0 Å². The highest BCUT2D eigenvalue weighted by atomic mass is 16.2. The van der Waals surface area contributed by atoms with Gasteiger partial charge >= 0.3 is 0 Å². The molecule has 1 fully saturated rings. The third-order valence-corrected chi connectivity index (χ3v) is 4.33. The molecule has 3 heteroatoms. The van der Waals surface area contributed by atoms with Gasteiger partial charge in [-0.25, -0.2) is 0 Å². The van der Waals surface area contributed by atoms with Crippen LogP contribution in [0, 0.1) is 11.8 Å². The van der Waals surface area contributed by atoms with Crippen LogP contribution in [0.2, 0.25) is 0 Å². The number of hydrogen-bond donors (Lipinski definition) is 2. The van der Waals surface area contributed by atoms with E-state index in [2.05, 4.69) is 24.5 Å². The second-order valence-corrected chi connectivity index (χ2v) is 6.25. The molecule has 110 valence electrons.